The molecule has 2 saturated carbocycles. The fourth-order valence-corrected chi connectivity index (χ4v) is 7.05. The van der Waals surface area contributed by atoms with Gasteiger partial charge in [-0.3, -0.25) is 19.6 Å². The zero-order valence-electron chi connectivity index (χ0n) is 32.2. The Kier molecular flexibility index (Phi) is 13.7. The van der Waals surface area contributed by atoms with Crippen LogP contribution in [0.25, 0.3) is 0 Å². The van der Waals surface area contributed by atoms with Gasteiger partial charge in [0.25, 0.3) is 0 Å². The molecule has 0 radical (unpaired) electrons. The average molecular weight is 717 g/mol. The van der Waals surface area contributed by atoms with Gasteiger partial charge in [-0.15, -0.1) is 0 Å². The van der Waals surface area contributed by atoms with E-state index in [1.807, 2.05) is 64.1 Å². The molecule has 2 N–H and O–H groups in total. The smallest absolute Gasteiger partial charge is 0.168 e. The van der Waals surface area contributed by atoms with Crippen molar-refractivity contribution in [3.05, 3.63) is 70.2 Å². The summed E-state index contributed by atoms with van der Waals surface area (Å²) in [7, 11) is 6.39. The molecule has 52 heavy (non-hydrogen) atoms. The number of aliphatic hydroxyl groups is 2. The fraction of sp³-hybridized carbons (Fsp3) is 0.524. The molecule has 282 valence electrons. The van der Waals surface area contributed by atoms with E-state index in [9.17, 15) is 19.8 Å². The van der Waals surface area contributed by atoms with Crippen molar-refractivity contribution in [3.63, 3.8) is 0 Å². The second-order valence-corrected chi connectivity index (χ2v) is 15.3. The highest BCUT2D eigenvalue weighted by atomic mass is 16.5. The van der Waals surface area contributed by atoms with Crippen LogP contribution in [0, 0.1) is 10.8 Å². The van der Waals surface area contributed by atoms with Gasteiger partial charge in [-0.25, -0.2) is 0 Å². The number of hydrogen-bond acceptors (Lipinski definition) is 10. The van der Waals surface area contributed by atoms with Crippen molar-refractivity contribution in [2.45, 2.75) is 91.9 Å². The fourth-order valence-electron chi connectivity index (χ4n) is 7.05. The van der Waals surface area contributed by atoms with Gasteiger partial charge in [0, 0.05) is 50.2 Å². The first-order valence-corrected chi connectivity index (χ1v) is 18.1. The number of aliphatic hydroxyl groups excluding tert-OH is 2. The van der Waals surface area contributed by atoms with Crippen LogP contribution >= 0.6 is 0 Å². The molecule has 2 fully saturated rings. The Morgan fingerprint density at radius 3 is 1.31 bits per heavy atom. The minimum Gasteiger partial charge on any atom is -0.511 e. The molecule has 4 rings (SSSR count). The SMILES string of the molecule is COc1ccc(CCN=C2CC(C)(C)CC(=O)C2=C(O)CCCCC(O)=C2C(=O)CC(C)(C)CC2=NCCc2ccc(OC)c(OC)c2)cc1OC. The lowest BCUT2D eigenvalue weighted by atomic mass is 9.73. The Hall–Kier alpha value is -4.60. The van der Waals surface area contributed by atoms with E-state index in [1.54, 1.807) is 28.4 Å². The Balaban J connectivity index is 1.44. The van der Waals surface area contributed by atoms with Crippen molar-refractivity contribution in [1.82, 2.24) is 0 Å². The molecule has 0 heterocycles. The van der Waals surface area contributed by atoms with Gasteiger partial charge in [0.2, 0.25) is 0 Å². The van der Waals surface area contributed by atoms with Crippen LogP contribution in [-0.4, -0.2) is 74.7 Å². The molecule has 0 aliphatic heterocycles. The number of methoxy groups -OCH3 is 4. The number of Topliss-reactive ketones (excluding diaryl/α,β-unsaturated/α-hetero) is 2. The standard InChI is InChI=1S/C42H56N2O8/c1-41(2)23-29(43-19-17-27-13-15-35(49-5)37(21-27)51-7)39(33(47)25-41)31(45)11-9-10-12-32(46)40-30(24-42(3,4)26-34(40)48)44-20-18-28-14-16-36(50-6)38(22-28)52-8/h13-16,21-22,45-46H,9-12,17-20,23-26H2,1-8H3. The molecule has 2 aliphatic rings. The van der Waals surface area contributed by atoms with E-state index in [0.29, 0.717) is 110 Å². The van der Waals surface area contributed by atoms with Crippen LogP contribution in [0.3, 0.4) is 0 Å². The summed E-state index contributed by atoms with van der Waals surface area (Å²) in [4.78, 5) is 36.3. The number of ketones is 2. The number of nitrogens with zero attached hydrogens (tertiary/aromatic N) is 2. The maximum atomic E-state index is 13.3. The van der Waals surface area contributed by atoms with E-state index < -0.39 is 0 Å². The van der Waals surface area contributed by atoms with Gasteiger partial charge in [-0.05, 0) is 84.7 Å². The van der Waals surface area contributed by atoms with Gasteiger partial charge in [0.1, 0.15) is 11.5 Å². The first-order valence-electron chi connectivity index (χ1n) is 18.1. The van der Waals surface area contributed by atoms with E-state index in [2.05, 4.69) is 0 Å². The number of carbonyl (C=O) groups is 2. The number of allylic oxidation sites excluding steroid dienone is 4. The molecule has 0 saturated heterocycles. The number of benzene rings is 2. The summed E-state index contributed by atoms with van der Waals surface area (Å²) in [6.45, 7) is 9.08. The van der Waals surface area contributed by atoms with E-state index in [-0.39, 0.29) is 46.8 Å². The minimum atomic E-state index is -0.261. The summed E-state index contributed by atoms with van der Waals surface area (Å²) < 4.78 is 21.5. The van der Waals surface area contributed by atoms with Crippen molar-refractivity contribution in [1.29, 1.82) is 0 Å². The Morgan fingerprint density at radius 1 is 0.596 bits per heavy atom. The van der Waals surface area contributed by atoms with Gasteiger partial charge >= 0.3 is 0 Å². The summed E-state index contributed by atoms with van der Waals surface area (Å²) in [5.41, 5.74) is 3.44. The van der Waals surface area contributed by atoms with Crippen LogP contribution in [-0.2, 0) is 22.4 Å². The van der Waals surface area contributed by atoms with Crippen LogP contribution in [0.1, 0.15) is 90.2 Å². The highest BCUT2D eigenvalue weighted by Crippen LogP contribution is 2.38. The maximum absolute atomic E-state index is 13.3. The molecule has 2 aliphatic carbocycles. The Bertz CT molecular complexity index is 1620. The van der Waals surface area contributed by atoms with Crippen molar-refractivity contribution < 1.29 is 38.7 Å². The number of ether oxygens (including phenoxy) is 4. The Morgan fingerprint density at radius 2 is 0.962 bits per heavy atom. The van der Waals surface area contributed by atoms with Crippen LogP contribution in [0.4, 0.5) is 0 Å². The number of aliphatic imine (C=N–C) groups is 2. The van der Waals surface area contributed by atoms with Gasteiger partial charge in [-0.2, -0.15) is 0 Å². The lowest BCUT2D eigenvalue weighted by Gasteiger charge is -2.31. The summed E-state index contributed by atoms with van der Waals surface area (Å²) >= 11 is 0. The predicted octanol–water partition coefficient (Wildman–Crippen LogP) is 8.35. The highest BCUT2D eigenvalue weighted by molar-refractivity contribution is 6.25. The molecule has 2 aromatic carbocycles. The van der Waals surface area contributed by atoms with Gasteiger partial charge in [0.05, 0.1) is 39.6 Å². The summed E-state index contributed by atoms with van der Waals surface area (Å²) in [6.07, 6.45) is 4.70. The quantitative estimate of drug-likeness (QED) is 0.107. The summed E-state index contributed by atoms with van der Waals surface area (Å²) in [6, 6.07) is 11.5. The third kappa shape index (κ3) is 10.5. The molecule has 0 spiro atoms. The molecular formula is C42H56N2O8. The predicted molar refractivity (Wildman–Crippen MR) is 205 cm³/mol. The average Bonchev–Trinajstić information content (AvgIpc) is 3.08. The van der Waals surface area contributed by atoms with Crippen molar-refractivity contribution in [3.8, 4) is 23.0 Å². The van der Waals surface area contributed by atoms with Gasteiger partial charge in [-0.1, -0.05) is 39.8 Å². The molecule has 0 unspecified atom stereocenters. The Labute approximate surface area is 308 Å². The van der Waals surface area contributed by atoms with Gasteiger partial charge < -0.3 is 29.2 Å². The lowest BCUT2D eigenvalue weighted by molar-refractivity contribution is -0.118. The van der Waals surface area contributed by atoms with E-state index in [4.69, 9.17) is 28.9 Å². The van der Waals surface area contributed by atoms with Crippen LogP contribution in [0.5, 0.6) is 23.0 Å². The zero-order valence-corrected chi connectivity index (χ0v) is 32.2. The number of unbranched alkanes of at least 4 members (excludes halogenated alkanes) is 1. The van der Waals surface area contributed by atoms with Crippen molar-refractivity contribution in [2.75, 3.05) is 41.5 Å². The van der Waals surface area contributed by atoms with Crippen molar-refractivity contribution in [2.24, 2.45) is 20.8 Å². The van der Waals surface area contributed by atoms with Crippen molar-refractivity contribution >= 4 is 23.0 Å². The normalized spacial score (nSPS) is 20.5. The monoisotopic (exact) mass is 716 g/mol. The third-order valence-corrected chi connectivity index (χ3v) is 9.66. The minimum absolute atomic E-state index is 0.0328. The third-order valence-electron chi connectivity index (χ3n) is 9.66. The maximum Gasteiger partial charge on any atom is 0.168 e. The van der Waals surface area contributed by atoms with E-state index in [1.165, 1.54) is 0 Å². The molecule has 10 nitrogen and oxygen atoms in total. The molecule has 0 bridgehead atoms. The number of carbonyl (C=O) groups excluding carboxylic acids is 2. The first-order chi connectivity index (χ1) is 24.7. The molecule has 0 amide bonds. The van der Waals surface area contributed by atoms with Crippen LogP contribution in [0.15, 0.2) is 69.0 Å². The number of hydrogen-bond donors (Lipinski definition) is 2. The van der Waals surface area contributed by atoms with Crippen LogP contribution < -0.4 is 18.9 Å². The molecule has 0 atom stereocenters. The topological polar surface area (TPSA) is 136 Å². The molecule has 2 aromatic rings. The molecule has 10 heteroatoms. The second-order valence-electron chi connectivity index (χ2n) is 15.3. The molecular weight excluding hydrogens is 660 g/mol. The first kappa shape index (κ1) is 40.2. The van der Waals surface area contributed by atoms with Crippen LogP contribution in [0.2, 0.25) is 0 Å². The van der Waals surface area contributed by atoms with Gasteiger partial charge in [0.15, 0.2) is 34.6 Å². The lowest BCUT2D eigenvalue weighted by Crippen LogP contribution is -2.33. The largest absolute Gasteiger partial charge is 0.511 e. The highest BCUT2D eigenvalue weighted by Gasteiger charge is 2.37. The summed E-state index contributed by atoms with van der Waals surface area (Å²) in [5, 5.41) is 22.4. The van der Waals surface area contributed by atoms with E-state index >= 15 is 0 Å². The zero-order chi connectivity index (χ0) is 38.1. The molecule has 0 aromatic heterocycles. The van der Waals surface area contributed by atoms with E-state index in [0.717, 1.165) is 11.1 Å². The number of rotatable bonds is 15. The summed E-state index contributed by atoms with van der Waals surface area (Å²) in [5.74, 6) is 2.46. The second kappa shape index (κ2) is 17.8.